The molecule has 0 atom stereocenters. The van der Waals surface area contributed by atoms with Gasteiger partial charge in [0.1, 0.15) is 5.82 Å². The zero-order valence-corrected chi connectivity index (χ0v) is 9.14. The van der Waals surface area contributed by atoms with Crippen molar-refractivity contribution in [1.29, 1.82) is 0 Å². The van der Waals surface area contributed by atoms with E-state index in [4.69, 9.17) is 5.73 Å². The van der Waals surface area contributed by atoms with Crippen molar-refractivity contribution in [3.63, 3.8) is 0 Å². The molecule has 0 saturated carbocycles. The third-order valence-electron chi connectivity index (χ3n) is 2.38. The number of nitrogens with zero attached hydrogens (tertiary/aromatic N) is 2. The molecule has 0 aliphatic rings. The van der Waals surface area contributed by atoms with E-state index >= 15 is 0 Å². The quantitative estimate of drug-likeness (QED) is 0.820. The Kier molecular flexibility index (Phi) is 3.00. The number of rotatable bonds is 3. The summed E-state index contributed by atoms with van der Waals surface area (Å²) in [5, 5.41) is 3.14. The maximum atomic E-state index is 5.57. The van der Waals surface area contributed by atoms with Crippen LogP contribution < -0.4 is 11.1 Å². The average molecular weight is 214 g/mol. The molecule has 0 amide bonds. The van der Waals surface area contributed by atoms with Gasteiger partial charge in [-0.05, 0) is 24.1 Å². The highest BCUT2D eigenvalue weighted by Crippen LogP contribution is 2.09. The van der Waals surface area contributed by atoms with Crippen LogP contribution in [0.1, 0.15) is 11.1 Å². The van der Waals surface area contributed by atoms with Gasteiger partial charge in [0.2, 0.25) is 5.95 Å². The molecule has 3 N–H and O–H groups in total. The highest BCUT2D eigenvalue weighted by atomic mass is 15.1. The molecule has 82 valence electrons. The summed E-state index contributed by atoms with van der Waals surface area (Å²) >= 11 is 0. The van der Waals surface area contributed by atoms with Gasteiger partial charge in [-0.3, -0.25) is 0 Å². The van der Waals surface area contributed by atoms with Crippen LogP contribution in [0.2, 0.25) is 0 Å². The van der Waals surface area contributed by atoms with Gasteiger partial charge >= 0.3 is 0 Å². The molecule has 0 aliphatic heterocycles. The zero-order valence-electron chi connectivity index (χ0n) is 9.14. The lowest BCUT2D eigenvalue weighted by Crippen LogP contribution is -2.05. The van der Waals surface area contributed by atoms with Gasteiger partial charge in [-0.25, -0.2) is 4.98 Å². The van der Waals surface area contributed by atoms with E-state index in [1.807, 2.05) is 12.1 Å². The summed E-state index contributed by atoms with van der Waals surface area (Å²) in [6.07, 6.45) is 1.64. The van der Waals surface area contributed by atoms with E-state index in [0.29, 0.717) is 18.3 Å². The Balaban J connectivity index is 2.05. The van der Waals surface area contributed by atoms with Gasteiger partial charge in [0.15, 0.2) is 0 Å². The van der Waals surface area contributed by atoms with E-state index < -0.39 is 0 Å². The average Bonchev–Trinajstić information content (AvgIpc) is 2.28. The van der Waals surface area contributed by atoms with Gasteiger partial charge in [0, 0.05) is 12.7 Å². The summed E-state index contributed by atoms with van der Waals surface area (Å²) in [5.41, 5.74) is 8.05. The maximum absolute atomic E-state index is 5.57. The lowest BCUT2D eigenvalue weighted by molar-refractivity contribution is 1.05. The molecule has 0 spiro atoms. The van der Waals surface area contributed by atoms with Gasteiger partial charge < -0.3 is 11.1 Å². The van der Waals surface area contributed by atoms with Crippen molar-refractivity contribution >= 4 is 11.8 Å². The zero-order chi connectivity index (χ0) is 11.4. The Morgan fingerprint density at radius 1 is 1.25 bits per heavy atom. The molecule has 0 radical (unpaired) electrons. The Morgan fingerprint density at radius 3 is 2.81 bits per heavy atom. The van der Waals surface area contributed by atoms with Gasteiger partial charge in [-0.1, -0.05) is 24.3 Å². The first-order valence-corrected chi connectivity index (χ1v) is 5.12. The molecular weight excluding hydrogens is 200 g/mol. The number of nitrogens with two attached hydrogens (primary N) is 1. The molecule has 16 heavy (non-hydrogen) atoms. The van der Waals surface area contributed by atoms with E-state index in [1.54, 1.807) is 12.3 Å². The number of benzene rings is 1. The monoisotopic (exact) mass is 214 g/mol. The summed E-state index contributed by atoms with van der Waals surface area (Å²) in [6, 6.07) is 9.87. The van der Waals surface area contributed by atoms with Gasteiger partial charge in [-0.2, -0.15) is 4.98 Å². The molecule has 0 bridgehead atoms. The van der Waals surface area contributed by atoms with Crippen LogP contribution in [-0.2, 0) is 6.54 Å². The van der Waals surface area contributed by atoms with Crippen LogP contribution in [0.5, 0.6) is 0 Å². The Hall–Kier alpha value is -2.10. The first-order valence-electron chi connectivity index (χ1n) is 5.12. The highest BCUT2D eigenvalue weighted by molar-refractivity contribution is 5.36. The van der Waals surface area contributed by atoms with E-state index in [-0.39, 0.29) is 0 Å². The molecule has 2 aromatic rings. The van der Waals surface area contributed by atoms with Gasteiger partial charge in [0.25, 0.3) is 0 Å². The van der Waals surface area contributed by atoms with Crippen molar-refractivity contribution in [2.45, 2.75) is 13.5 Å². The van der Waals surface area contributed by atoms with E-state index in [2.05, 4.69) is 34.3 Å². The first-order chi connectivity index (χ1) is 7.75. The van der Waals surface area contributed by atoms with Crippen molar-refractivity contribution in [2.75, 3.05) is 11.1 Å². The molecule has 4 nitrogen and oxygen atoms in total. The van der Waals surface area contributed by atoms with Gasteiger partial charge in [0.05, 0.1) is 0 Å². The van der Waals surface area contributed by atoms with Crippen LogP contribution in [0.15, 0.2) is 36.5 Å². The van der Waals surface area contributed by atoms with Crippen molar-refractivity contribution in [2.24, 2.45) is 0 Å². The molecule has 0 aliphatic carbocycles. The maximum Gasteiger partial charge on any atom is 0.224 e. The van der Waals surface area contributed by atoms with Gasteiger partial charge in [-0.15, -0.1) is 0 Å². The lowest BCUT2D eigenvalue weighted by Gasteiger charge is -2.07. The number of nitrogens with one attached hydrogen (secondary N) is 1. The Labute approximate surface area is 94.5 Å². The first kappa shape index (κ1) is 10.4. The van der Waals surface area contributed by atoms with Crippen molar-refractivity contribution in [3.05, 3.63) is 47.7 Å². The fourth-order valence-electron chi connectivity index (χ4n) is 1.44. The summed E-state index contributed by atoms with van der Waals surface area (Å²) in [7, 11) is 0. The van der Waals surface area contributed by atoms with Crippen LogP contribution >= 0.6 is 0 Å². The lowest BCUT2D eigenvalue weighted by atomic mass is 10.1. The molecule has 0 unspecified atom stereocenters. The van der Waals surface area contributed by atoms with Crippen LogP contribution in [0.25, 0.3) is 0 Å². The highest BCUT2D eigenvalue weighted by Gasteiger charge is 1.99. The van der Waals surface area contributed by atoms with E-state index in [9.17, 15) is 0 Å². The smallest absolute Gasteiger partial charge is 0.224 e. The minimum absolute atomic E-state index is 0.474. The van der Waals surface area contributed by atoms with Crippen LogP contribution in [0.4, 0.5) is 11.8 Å². The second kappa shape index (κ2) is 4.61. The summed E-state index contributed by atoms with van der Waals surface area (Å²) in [5.74, 6) is 1.03. The largest absolute Gasteiger partial charge is 0.384 e. The van der Waals surface area contributed by atoms with Crippen molar-refractivity contribution < 1.29 is 0 Å². The fourth-order valence-corrected chi connectivity index (χ4v) is 1.44. The molecule has 0 fully saturated rings. The molecule has 1 heterocycles. The number of aryl methyl sites for hydroxylation is 1. The predicted molar refractivity (Wildman–Crippen MR) is 65.0 cm³/mol. The second-order valence-corrected chi connectivity index (χ2v) is 3.59. The SMILES string of the molecule is Cc1ccccc1CNc1nccc(N)n1. The predicted octanol–water partition coefficient (Wildman–Crippen LogP) is 1.98. The van der Waals surface area contributed by atoms with E-state index in [1.165, 1.54) is 11.1 Å². The number of hydrogen-bond donors (Lipinski definition) is 2. The normalized spacial score (nSPS) is 10.1. The molecular formula is C12H14N4. The molecule has 1 aromatic carbocycles. The molecule has 1 aromatic heterocycles. The standard InChI is InChI=1S/C12H14N4/c1-9-4-2-3-5-10(9)8-15-12-14-7-6-11(13)16-12/h2-7H,8H2,1H3,(H3,13,14,15,16). The van der Waals surface area contributed by atoms with Crippen molar-refractivity contribution in [3.8, 4) is 0 Å². The summed E-state index contributed by atoms with van der Waals surface area (Å²) in [4.78, 5) is 8.16. The number of hydrogen-bond acceptors (Lipinski definition) is 4. The number of nitrogen functional groups attached to an aromatic ring is 1. The Morgan fingerprint density at radius 2 is 2.06 bits per heavy atom. The molecule has 2 rings (SSSR count). The summed E-state index contributed by atoms with van der Waals surface area (Å²) in [6.45, 7) is 2.79. The van der Waals surface area contributed by atoms with E-state index in [0.717, 1.165) is 0 Å². The third kappa shape index (κ3) is 2.48. The van der Waals surface area contributed by atoms with Crippen molar-refractivity contribution in [1.82, 2.24) is 9.97 Å². The topological polar surface area (TPSA) is 63.8 Å². The molecule has 0 saturated heterocycles. The summed E-state index contributed by atoms with van der Waals surface area (Å²) < 4.78 is 0. The van der Waals surface area contributed by atoms with Crippen LogP contribution in [-0.4, -0.2) is 9.97 Å². The molecule has 4 heteroatoms. The number of anilines is 2. The fraction of sp³-hybridized carbons (Fsp3) is 0.167. The van der Waals surface area contributed by atoms with Crippen LogP contribution in [0, 0.1) is 6.92 Å². The minimum atomic E-state index is 0.474. The van der Waals surface area contributed by atoms with Crippen LogP contribution in [0.3, 0.4) is 0 Å². The number of aromatic nitrogens is 2. The Bertz CT molecular complexity index is 482. The third-order valence-corrected chi connectivity index (χ3v) is 2.38. The minimum Gasteiger partial charge on any atom is -0.384 e. The second-order valence-electron chi connectivity index (χ2n) is 3.59.